The first-order chi connectivity index (χ1) is 7.83. The minimum Gasteiger partial charge on any atom is -0.371 e. The third-order valence-electron chi connectivity index (χ3n) is 3.28. The van der Waals surface area contributed by atoms with Crippen molar-refractivity contribution >= 4 is 5.84 Å². The van der Waals surface area contributed by atoms with Crippen LogP contribution in [0.1, 0.15) is 71.6 Å². The Morgan fingerprint density at radius 3 is 2.88 bits per heavy atom. The van der Waals surface area contributed by atoms with E-state index in [9.17, 15) is 0 Å². The summed E-state index contributed by atoms with van der Waals surface area (Å²) in [6, 6.07) is 0.605. The summed E-state index contributed by atoms with van der Waals surface area (Å²) >= 11 is 0. The van der Waals surface area contributed by atoms with Gasteiger partial charge in [0.25, 0.3) is 0 Å². The molecule has 0 spiro atoms. The smallest absolute Gasteiger partial charge is 0.0965 e. The summed E-state index contributed by atoms with van der Waals surface area (Å²) in [6.45, 7) is 5.59. The molecule has 0 bridgehead atoms. The van der Waals surface area contributed by atoms with Crippen molar-refractivity contribution in [3.63, 3.8) is 0 Å². The van der Waals surface area contributed by atoms with Crippen LogP contribution in [0.25, 0.3) is 0 Å². The second kappa shape index (κ2) is 8.60. The zero-order valence-electron chi connectivity index (χ0n) is 11.1. The lowest BCUT2D eigenvalue weighted by Crippen LogP contribution is -2.32. The summed E-state index contributed by atoms with van der Waals surface area (Å²) in [4.78, 5) is 4.61. The van der Waals surface area contributed by atoms with E-state index in [2.05, 4.69) is 24.2 Å². The summed E-state index contributed by atoms with van der Waals surface area (Å²) in [7, 11) is 0. The molecule has 2 heteroatoms. The van der Waals surface area contributed by atoms with E-state index in [0.717, 1.165) is 6.54 Å². The van der Waals surface area contributed by atoms with E-state index < -0.39 is 0 Å². The van der Waals surface area contributed by atoms with E-state index in [1.54, 1.807) is 0 Å². The summed E-state index contributed by atoms with van der Waals surface area (Å²) < 4.78 is 0. The average molecular weight is 224 g/mol. The fraction of sp³-hybridized carbons (Fsp3) is 0.929. The van der Waals surface area contributed by atoms with Gasteiger partial charge in [0.1, 0.15) is 0 Å². The highest BCUT2D eigenvalue weighted by Gasteiger charge is 2.07. The molecule has 0 saturated heterocycles. The van der Waals surface area contributed by atoms with Crippen LogP contribution in [0.2, 0.25) is 0 Å². The van der Waals surface area contributed by atoms with Crippen molar-refractivity contribution in [3.8, 4) is 0 Å². The van der Waals surface area contributed by atoms with Gasteiger partial charge in [-0.05, 0) is 26.2 Å². The highest BCUT2D eigenvalue weighted by atomic mass is 15.0. The summed E-state index contributed by atoms with van der Waals surface area (Å²) in [5.41, 5.74) is 0. The van der Waals surface area contributed by atoms with Crippen molar-refractivity contribution in [1.82, 2.24) is 5.32 Å². The Morgan fingerprint density at radius 1 is 1.19 bits per heavy atom. The van der Waals surface area contributed by atoms with Gasteiger partial charge >= 0.3 is 0 Å². The number of amidine groups is 1. The second-order valence-corrected chi connectivity index (χ2v) is 5.03. The third-order valence-corrected chi connectivity index (χ3v) is 3.28. The fourth-order valence-electron chi connectivity index (χ4n) is 2.23. The quantitative estimate of drug-likeness (QED) is 0.680. The average Bonchev–Trinajstić information content (AvgIpc) is 2.53. The standard InChI is InChI=1S/C14H28N2/c1-3-4-5-7-10-13(2)16-14-11-8-6-9-12-15-14/h13H,3-12H2,1-2H3,(H,15,16). The van der Waals surface area contributed by atoms with E-state index in [-0.39, 0.29) is 0 Å². The molecule has 1 rings (SSSR count). The molecule has 1 N–H and O–H groups in total. The third kappa shape index (κ3) is 6.14. The predicted octanol–water partition coefficient (Wildman–Crippen LogP) is 3.91. The van der Waals surface area contributed by atoms with Crippen LogP contribution in [0.4, 0.5) is 0 Å². The number of aliphatic imine (C=N–C) groups is 1. The monoisotopic (exact) mass is 224 g/mol. The molecule has 1 heterocycles. The maximum Gasteiger partial charge on any atom is 0.0965 e. The second-order valence-electron chi connectivity index (χ2n) is 5.03. The van der Waals surface area contributed by atoms with Gasteiger partial charge in [-0.25, -0.2) is 0 Å². The van der Waals surface area contributed by atoms with Crippen LogP contribution < -0.4 is 5.32 Å². The van der Waals surface area contributed by atoms with E-state index >= 15 is 0 Å². The van der Waals surface area contributed by atoms with Crippen molar-refractivity contribution in [3.05, 3.63) is 0 Å². The molecule has 0 aromatic heterocycles. The van der Waals surface area contributed by atoms with Crippen LogP contribution in [0.15, 0.2) is 4.99 Å². The van der Waals surface area contributed by atoms with Crippen LogP contribution >= 0.6 is 0 Å². The van der Waals surface area contributed by atoms with Gasteiger partial charge in [0.15, 0.2) is 0 Å². The van der Waals surface area contributed by atoms with E-state index in [1.165, 1.54) is 63.6 Å². The molecule has 0 aromatic rings. The van der Waals surface area contributed by atoms with Gasteiger partial charge in [-0.2, -0.15) is 0 Å². The number of unbranched alkanes of at least 4 members (excludes halogenated alkanes) is 3. The summed E-state index contributed by atoms with van der Waals surface area (Å²) in [6.07, 6.45) is 11.8. The minimum absolute atomic E-state index is 0.605. The normalized spacial score (nSPS) is 18.8. The Hall–Kier alpha value is -0.530. The Morgan fingerprint density at radius 2 is 2.06 bits per heavy atom. The first-order valence-corrected chi connectivity index (χ1v) is 7.12. The van der Waals surface area contributed by atoms with Crippen molar-refractivity contribution in [2.45, 2.75) is 77.7 Å². The SMILES string of the molecule is CCCCCCC(C)NC1=NCCCCC1. The zero-order valence-corrected chi connectivity index (χ0v) is 11.1. The molecule has 1 aliphatic rings. The molecule has 0 saturated carbocycles. The van der Waals surface area contributed by atoms with Crippen LogP contribution in [0.3, 0.4) is 0 Å². The molecule has 2 nitrogen and oxygen atoms in total. The van der Waals surface area contributed by atoms with Gasteiger partial charge in [-0.1, -0.05) is 39.0 Å². The highest BCUT2D eigenvalue weighted by molar-refractivity contribution is 5.82. The minimum atomic E-state index is 0.605. The van der Waals surface area contributed by atoms with Gasteiger partial charge in [0, 0.05) is 19.0 Å². The molecule has 0 aliphatic carbocycles. The van der Waals surface area contributed by atoms with Crippen molar-refractivity contribution < 1.29 is 0 Å². The van der Waals surface area contributed by atoms with Crippen molar-refractivity contribution in [1.29, 1.82) is 0 Å². The van der Waals surface area contributed by atoms with Crippen LogP contribution in [-0.2, 0) is 0 Å². The number of nitrogens with one attached hydrogen (secondary N) is 1. The van der Waals surface area contributed by atoms with Crippen LogP contribution in [0.5, 0.6) is 0 Å². The van der Waals surface area contributed by atoms with Crippen LogP contribution in [0, 0.1) is 0 Å². The molecular weight excluding hydrogens is 196 g/mol. The molecule has 0 aromatic carbocycles. The van der Waals surface area contributed by atoms with Gasteiger partial charge in [-0.3, -0.25) is 4.99 Å². The highest BCUT2D eigenvalue weighted by Crippen LogP contribution is 2.09. The number of hydrogen-bond donors (Lipinski definition) is 1. The van der Waals surface area contributed by atoms with Gasteiger partial charge < -0.3 is 5.32 Å². The lowest BCUT2D eigenvalue weighted by Gasteiger charge is -2.16. The predicted molar refractivity (Wildman–Crippen MR) is 72.1 cm³/mol. The van der Waals surface area contributed by atoms with Crippen molar-refractivity contribution in [2.75, 3.05) is 6.54 Å². The Bertz CT molecular complexity index is 199. The summed E-state index contributed by atoms with van der Waals surface area (Å²) in [5, 5.41) is 3.59. The Labute approximate surface area is 101 Å². The molecular formula is C14H28N2. The van der Waals surface area contributed by atoms with E-state index in [0.29, 0.717) is 6.04 Å². The molecule has 0 fully saturated rings. The van der Waals surface area contributed by atoms with Gasteiger partial charge in [-0.15, -0.1) is 0 Å². The molecule has 1 aliphatic heterocycles. The molecule has 1 unspecified atom stereocenters. The fourth-order valence-corrected chi connectivity index (χ4v) is 2.23. The largest absolute Gasteiger partial charge is 0.371 e. The van der Waals surface area contributed by atoms with E-state index in [1.807, 2.05) is 0 Å². The molecule has 0 amide bonds. The van der Waals surface area contributed by atoms with E-state index in [4.69, 9.17) is 0 Å². The number of hydrogen-bond acceptors (Lipinski definition) is 2. The molecule has 94 valence electrons. The molecule has 0 radical (unpaired) electrons. The molecule has 16 heavy (non-hydrogen) atoms. The maximum atomic E-state index is 4.61. The van der Waals surface area contributed by atoms with Gasteiger partial charge in [0.2, 0.25) is 0 Å². The summed E-state index contributed by atoms with van der Waals surface area (Å²) in [5.74, 6) is 1.26. The lowest BCUT2D eigenvalue weighted by molar-refractivity contribution is 0.540. The van der Waals surface area contributed by atoms with Gasteiger partial charge in [0.05, 0.1) is 5.84 Å². The topological polar surface area (TPSA) is 24.4 Å². The Balaban J connectivity index is 2.12. The Kier molecular flexibility index (Phi) is 7.28. The number of rotatable bonds is 6. The lowest BCUT2D eigenvalue weighted by atomic mass is 10.1. The number of nitrogens with zero attached hydrogens (tertiary/aromatic N) is 1. The maximum absolute atomic E-state index is 4.61. The van der Waals surface area contributed by atoms with Crippen LogP contribution in [-0.4, -0.2) is 18.4 Å². The molecule has 1 atom stereocenters. The van der Waals surface area contributed by atoms with Crippen molar-refractivity contribution in [2.24, 2.45) is 4.99 Å². The first-order valence-electron chi connectivity index (χ1n) is 7.12. The zero-order chi connectivity index (χ0) is 11.6. The first kappa shape index (κ1) is 13.5.